The van der Waals surface area contributed by atoms with E-state index >= 15 is 0 Å². The van der Waals surface area contributed by atoms with E-state index in [9.17, 15) is 0 Å². The van der Waals surface area contributed by atoms with E-state index in [1.165, 1.54) is 0 Å². The Hall–Kier alpha value is -3.44. The summed E-state index contributed by atoms with van der Waals surface area (Å²) in [5.74, 6) is 6.64. The van der Waals surface area contributed by atoms with Gasteiger partial charge in [-0.2, -0.15) is 0 Å². The van der Waals surface area contributed by atoms with Crippen LogP contribution in [-0.4, -0.2) is 6.54 Å². The van der Waals surface area contributed by atoms with Crippen LogP contribution in [0.2, 0.25) is 0 Å². The summed E-state index contributed by atoms with van der Waals surface area (Å²) >= 11 is 0. The zero-order chi connectivity index (χ0) is 19.2. The van der Waals surface area contributed by atoms with Gasteiger partial charge >= 0.3 is 0 Å². The van der Waals surface area contributed by atoms with E-state index in [0.29, 0.717) is 0 Å². The fourth-order valence-electron chi connectivity index (χ4n) is 3.31. The fraction of sp³-hybridized carbons (Fsp3) is 0.154. The minimum atomic E-state index is 0.870. The first-order valence-corrected chi connectivity index (χ1v) is 9.77. The van der Waals surface area contributed by atoms with Gasteiger partial charge in [0.25, 0.3) is 0 Å². The molecule has 4 aromatic rings. The van der Waals surface area contributed by atoms with Crippen molar-refractivity contribution in [3.63, 3.8) is 0 Å². The van der Waals surface area contributed by atoms with Crippen LogP contribution in [0, 0.1) is 11.8 Å². The lowest BCUT2D eigenvalue weighted by Crippen LogP contribution is -2.03. The van der Waals surface area contributed by atoms with Gasteiger partial charge in [0.05, 0.1) is 12.0 Å². The molecule has 0 saturated carbocycles. The molecule has 2 nitrogen and oxygen atoms in total. The summed E-state index contributed by atoms with van der Waals surface area (Å²) in [5, 5.41) is 4.64. The number of nitrogens with one attached hydrogen (secondary N) is 1. The monoisotopic (exact) mass is 365 g/mol. The summed E-state index contributed by atoms with van der Waals surface area (Å²) in [6.07, 6.45) is 4.01. The lowest BCUT2D eigenvalue weighted by Gasteiger charge is -2.14. The Balaban J connectivity index is 1.86. The normalized spacial score (nSPS) is 10.5. The molecular formula is C26H23NO. The predicted molar refractivity (Wildman–Crippen MR) is 117 cm³/mol. The predicted octanol–water partition coefficient (Wildman–Crippen LogP) is 6.71. The number of hydrogen-bond donors (Lipinski definition) is 1. The zero-order valence-electron chi connectivity index (χ0n) is 16.0. The molecule has 1 aromatic heterocycles. The van der Waals surface area contributed by atoms with E-state index in [-0.39, 0.29) is 0 Å². The van der Waals surface area contributed by atoms with Crippen LogP contribution in [-0.2, 0) is 0 Å². The van der Waals surface area contributed by atoms with Gasteiger partial charge in [-0.25, -0.2) is 0 Å². The Morgan fingerprint density at radius 1 is 0.893 bits per heavy atom. The Morgan fingerprint density at radius 2 is 1.64 bits per heavy atom. The molecule has 0 saturated heterocycles. The molecule has 0 aliphatic heterocycles. The van der Waals surface area contributed by atoms with Gasteiger partial charge in [-0.3, -0.25) is 0 Å². The van der Waals surface area contributed by atoms with Crippen LogP contribution in [0.3, 0.4) is 0 Å². The summed E-state index contributed by atoms with van der Waals surface area (Å²) in [5.41, 5.74) is 6.18. The van der Waals surface area contributed by atoms with E-state index in [1.807, 2.05) is 42.5 Å². The maximum atomic E-state index is 5.90. The number of anilines is 1. The molecular weight excluding hydrogens is 342 g/mol. The molecule has 0 bridgehead atoms. The van der Waals surface area contributed by atoms with Gasteiger partial charge in [0.1, 0.15) is 0 Å². The fourth-order valence-corrected chi connectivity index (χ4v) is 3.31. The van der Waals surface area contributed by atoms with E-state index in [4.69, 9.17) is 4.42 Å². The highest BCUT2D eigenvalue weighted by Gasteiger charge is 2.15. The maximum absolute atomic E-state index is 5.90. The molecule has 28 heavy (non-hydrogen) atoms. The molecule has 138 valence electrons. The molecule has 0 aliphatic carbocycles. The largest absolute Gasteiger partial charge is 0.462 e. The molecule has 4 rings (SSSR count). The standard InChI is InChI=1S/C26H23NO/c1-2-3-17-27-25-24(21-12-8-5-9-13-21)19-22(23-16-18-28-26(23)25)15-14-20-10-6-4-7-11-20/h4-13,16,18-19,27H,2-3,17H2,1H3. The highest BCUT2D eigenvalue weighted by Crippen LogP contribution is 2.37. The first kappa shape index (κ1) is 17.9. The van der Waals surface area contributed by atoms with E-state index in [0.717, 1.165) is 58.3 Å². The molecule has 0 spiro atoms. The number of fused-ring (bicyclic) bond motifs is 1. The van der Waals surface area contributed by atoms with Crippen molar-refractivity contribution in [1.82, 2.24) is 0 Å². The molecule has 0 amide bonds. The number of rotatable bonds is 5. The quantitative estimate of drug-likeness (QED) is 0.314. The second-order valence-corrected chi connectivity index (χ2v) is 6.77. The first-order valence-electron chi connectivity index (χ1n) is 9.77. The summed E-state index contributed by atoms with van der Waals surface area (Å²) in [7, 11) is 0. The van der Waals surface area contributed by atoms with Gasteiger partial charge < -0.3 is 9.73 Å². The average Bonchev–Trinajstić information content (AvgIpc) is 3.24. The zero-order valence-corrected chi connectivity index (χ0v) is 16.0. The highest BCUT2D eigenvalue weighted by atomic mass is 16.3. The molecule has 1 heterocycles. The van der Waals surface area contributed by atoms with Crippen LogP contribution < -0.4 is 5.32 Å². The number of benzene rings is 3. The summed E-state index contributed by atoms with van der Waals surface area (Å²) in [6, 6.07) is 24.7. The van der Waals surface area contributed by atoms with Crippen LogP contribution in [0.15, 0.2) is 83.5 Å². The Bertz CT molecular complexity index is 1120. The maximum Gasteiger partial charge on any atom is 0.158 e. The second kappa shape index (κ2) is 8.50. The first-order chi connectivity index (χ1) is 13.9. The smallest absolute Gasteiger partial charge is 0.158 e. The molecule has 0 fully saturated rings. The topological polar surface area (TPSA) is 25.2 Å². The third-order valence-electron chi connectivity index (χ3n) is 4.77. The number of hydrogen-bond acceptors (Lipinski definition) is 2. The van der Waals surface area contributed by atoms with Crippen molar-refractivity contribution in [2.75, 3.05) is 11.9 Å². The molecule has 2 heteroatoms. The summed E-state index contributed by atoms with van der Waals surface area (Å²) in [4.78, 5) is 0. The molecule has 0 unspecified atom stereocenters. The Labute approximate surface area is 166 Å². The molecule has 1 N–H and O–H groups in total. The minimum absolute atomic E-state index is 0.870. The second-order valence-electron chi connectivity index (χ2n) is 6.77. The van der Waals surface area contributed by atoms with Crippen molar-refractivity contribution in [1.29, 1.82) is 0 Å². The molecule has 3 aromatic carbocycles. The van der Waals surface area contributed by atoms with Crippen molar-refractivity contribution >= 4 is 16.7 Å². The van der Waals surface area contributed by atoms with Crippen LogP contribution in [0.1, 0.15) is 30.9 Å². The van der Waals surface area contributed by atoms with Gasteiger partial charge in [-0.05, 0) is 36.2 Å². The average molecular weight is 365 g/mol. The third-order valence-corrected chi connectivity index (χ3v) is 4.77. The minimum Gasteiger partial charge on any atom is -0.462 e. The SMILES string of the molecule is CCCCNc1c(-c2ccccc2)cc(C#Cc2ccccc2)c2ccoc12. The van der Waals surface area contributed by atoms with Crippen LogP contribution in [0.25, 0.3) is 22.1 Å². The van der Waals surface area contributed by atoms with Crippen LogP contribution >= 0.6 is 0 Å². The van der Waals surface area contributed by atoms with E-state index < -0.39 is 0 Å². The Kier molecular flexibility index (Phi) is 5.45. The van der Waals surface area contributed by atoms with Crippen molar-refractivity contribution in [3.05, 3.63) is 90.2 Å². The van der Waals surface area contributed by atoms with Crippen LogP contribution in [0.5, 0.6) is 0 Å². The molecule has 0 radical (unpaired) electrons. The van der Waals surface area contributed by atoms with E-state index in [1.54, 1.807) is 6.26 Å². The number of unbranched alkanes of at least 4 members (excludes halogenated alkanes) is 1. The lowest BCUT2D eigenvalue weighted by atomic mass is 9.97. The van der Waals surface area contributed by atoms with Crippen molar-refractivity contribution in [2.24, 2.45) is 0 Å². The van der Waals surface area contributed by atoms with Crippen molar-refractivity contribution in [3.8, 4) is 23.0 Å². The van der Waals surface area contributed by atoms with Crippen LogP contribution in [0.4, 0.5) is 5.69 Å². The van der Waals surface area contributed by atoms with Gasteiger partial charge in [-0.15, -0.1) is 0 Å². The third kappa shape index (κ3) is 3.80. The highest BCUT2D eigenvalue weighted by molar-refractivity contribution is 6.01. The summed E-state index contributed by atoms with van der Waals surface area (Å²) in [6.45, 7) is 3.12. The van der Waals surface area contributed by atoms with E-state index in [2.05, 4.69) is 54.4 Å². The number of furan rings is 1. The summed E-state index contributed by atoms with van der Waals surface area (Å²) < 4.78 is 5.90. The van der Waals surface area contributed by atoms with Gasteiger partial charge in [0.2, 0.25) is 0 Å². The Morgan fingerprint density at radius 3 is 2.39 bits per heavy atom. The van der Waals surface area contributed by atoms with Crippen molar-refractivity contribution in [2.45, 2.75) is 19.8 Å². The molecule has 0 aliphatic rings. The van der Waals surface area contributed by atoms with Crippen molar-refractivity contribution < 1.29 is 4.42 Å². The lowest BCUT2D eigenvalue weighted by molar-refractivity contribution is 0.616. The van der Waals surface area contributed by atoms with Gasteiger partial charge in [-0.1, -0.05) is 73.7 Å². The van der Waals surface area contributed by atoms with Gasteiger partial charge in [0, 0.05) is 28.6 Å². The molecule has 0 atom stereocenters. The van der Waals surface area contributed by atoms with Gasteiger partial charge in [0.15, 0.2) is 5.58 Å².